The van der Waals surface area contributed by atoms with Crippen LogP contribution < -0.4 is 0 Å². The number of aliphatic imine (C=N–C) groups is 3. The van der Waals surface area contributed by atoms with Crippen molar-refractivity contribution in [2.24, 2.45) is 15.0 Å². The molecule has 3 heterocycles. The lowest BCUT2D eigenvalue weighted by atomic mass is 10.1. The Kier molecular flexibility index (Phi) is 2.90. The lowest BCUT2D eigenvalue weighted by molar-refractivity contribution is -0.125. The van der Waals surface area contributed by atoms with Gasteiger partial charge in [-0.15, -0.1) is 0 Å². The summed E-state index contributed by atoms with van der Waals surface area (Å²) in [6, 6.07) is 0. The molecule has 3 rings (SSSR count). The summed E-state index contributed by atoms with van der Waals surface area (Å²) in [6.07, 6.45) is -3.17. The molecular formula is C10H11FN4O5. The van der Waals surface area contributed by atoms with Crippen molar-refractivity contribution >= 4 is 24.4 Å². The molecule has 108 valence electrons. The van der Waals surface area contributed by atoms with E-state index in [2.05, 4.69) is 15.0 Å². The second-order valence-electron chi connectivity index (χ2n) is 4.51. The zero-order chi connectivity index (χ0) is 14.5. The van der Waals surface area contributed by atoms with E-state index in [1.165, 1.54) is 0 Å². The number of aliphatic hydroxyl groups excluding tert-OH is 3. The average Bonchev–Trinajstić information content (AvgIpc) is 2.91. The molecule has 0 saturated carbocycles. The zero-order valence-electron chi connectivity index (χ0n) is 10.00. The van der Waals surface area contributed by atoms with Crippen molar-refractivity contribution in [1.29, 1.82) is 0 Å². The van der Waals surface area contributed by atoms with E-state index in [1.54, 1.807) is 0 Å². The molecule has 20 heavy (non-hydrogen) atoms. The summed E-state index contributed by atoms with van der Waals surface area (Å²) in [5.41, 5.74) is 0. The predicted molar refractivity (Wildman–Crippen MR) is 62.9 cm³/mol. The number of carbonyl (C=O) groups is 1. The zero-order valence-corrected chi connectivity index (χ0v) is 10.00. The van der Waals surface area contributed by atoms with Crippen LogP contribution in [0.2, 0.25) is 0 Å². The molecule has 5 atom stereocenters. The summed E-state index contributed by atoms with van der Waals surface area (Å²) in [4.78, 5) is 22.7. The Morgan fingerprint density at radius 3 is 2.85 bits per heavy atom. The van der Waals surface area contributed by atoms with Gasteiger partial charge in [0.1, 0.15) is 24.7 Å². The van der Waals surface area contributed by atoms with Gasteiger partial charge in [0.2, 0.25) is 0 Å². The van der Waals surface area contributed by atoms with Crippen LogP contribution in [0.5, 0.6) is 0 Å². The third-order valence-electron chi connectivity index (χ3n) is 3.33. The first-order valence-corrected chi connectivity index (χ1v) is 5.79. The van der Waals surface area contributed by atoms with E-state index in [-0.39, 0.29) is 0 Å². The molecule has 1 amide bonds. The van der Waals surface area contributed by atoms with E-state index in [0.29, 0.717) is 0 Å². The summed E-state index contributed by atoms with van der Waals surface area (Å²) in [7, 11) is 0. The van der Waals surface area contributed by atoms with Crippen LogP contribution in [0.15, 0.2) is 15.0 Å². The maximum atomic E-state index is 14.4. The van der Waals surface area contributed by atoms with Crippen LogP contribution in [-0.2, 0) is 9.53 Å². The number of hydrogen-bond donors (Lipinski definition) is 3. The average molecular weight is 286 g/mol. The molecule has 0 aromatic carbocycles. The topological polar surface area (TPSA) is 127 Å². The van der Waals surface area contributed by atoms with Gasteiger partial charge in [0.25, 0.3) is 0 Å². The third-order valence-corrected chi connectivity index (χ3v) is 3.33. The highest BCUT2D eigenvalue weighted by atomic mass is 19.1. The van der Waals surface area contributed by atoms with Crippen molar-refractivity contribution in [3.8, 4) is 0 Å². The van der Waals surface area contributed by atoms with Gasteiger partial charge in [0, 0.05) is 0 Å². The number of amidine groups is 1. The standard InChI is InChI=1S/C10H11FN4O5/c11-10-8(12-2-13-9(10)19)15(3-14-10)7-6(18)5(17)4(1-16)20-7/h2-7,16-18H,1H2/t4-,5-,6-,7-,10?/m1/s1. The van der Waals surface area contributed by atoms with Crippen LogP contribution in [0.1, 0.15) is 0 Å². The number of rotatable bonds is 2. The van der Waals surface area contributed by atoms with Crippen LogP contribution in [0.4, 0.5) is 4.39 Å². The molecule has 0 spiro atoms. The minimum absolute atomic E-state index is 0.396. The molecule has 3 N–H and O–H groups in total. The summed E-state index contributed by atoms with van der Waals surface area (Å²) in [6.45, 7) is -0.520. The van der Waals surface area contributed by atoms with Gasteiger partial charge in [-0.25, -0.2) is 9.98 Å². The van der Waals surface area contributed by atoms with Gasteiger partial charge in [-0.05, 0) is 0 Å². The Labute approximate surface area is 111 Å². The number of carbonyl (C=O) groups excluding carboxylic acids is 1. The first-order chi connectivity index (χ1) is 9.49. The van der Waals surface area contributed by atoms with Gasteiger partial charge in [-0.1, -0.05) is 0 Å². The second-order valence-corrected chi connectivity index (χ2v) is 4.51. The minimum atomic E-state index is -2.74. The highest BCUT2D eigenvalue weighted by molar-refractivity contribution is 6.22. The van der Waals surface area contributed by atoms with Gasteiger partial charge < -0.3 is 20.1 Å². The van der Waals surface area contributed by atoms with E-state index in [0.717, 1.165) is 17.6 Å². The van der Waals surface area contributed by atoms with Gasteiger partial charge >= 0.3 is 11.7 Å². The number of aliphatic hydroxyl groups is 3. The fourth-order valence-corrected chi connectivity index (χ4v) is 2.25. The summed E-state index contributed by atoms with van der Waals surface area (Å²) >= 11 is 0. The van der Waals surface area contributed by atoms with Crippen LogP contribution >= 0.6 is 0 Å². The van der Waals surface area contributed by atoms with Crippen LogP contribution in [0, 0.1) is 0 Å². The monoisotopic (exact) mass is 286 g/mol. The van der Waals surface area contributed by atoms with Crippen molar-refractivity contribution in [3.05, 3.63) is 0 Å². The number of ether oxygens (including phenoxy) is 1. The summed E-state index contributed by atoms with van der Waals surface area (Å²) in [5, 5.41) is 28.6. The maximum absolute atomic E-state index is 14.4. The number of alkyl halides is 1. The van der Waals surface area contributed by atoms with E-state index in [1.807, 2.05) is 0 Å². The van der Waals surface area contributed by atoms with E-state index < -0.39 is 48.7 Å². The van der Waals surface area contributed by atoms with Gasteiger partial charge in [-0.2, -0.15) is 9.38 Å². The molecule has 3 aliphatic heterocycles. The fraction of sp³-hybridized carbons (Fsp3) is 0.600. The van der Waals surface area contributed by atoms with Gasteiger partial charge in [-0.3, -0.25) is 9.69 Å². The molecule has 1 fully saturated rings. The van der Waals surface area contributed by atoms with E-state index >= 15 is 0 Å². The molecule has 0 aromatic rings. The highest BCUT2D eigenvalue weighted by Gasteiger charge is 2.56. The Hall–Kier alpha value is -1.75. The van der Waals surface area contributed by atoms with Crippen LogP contribution in [0.3, 0.4) is 0 Å². The summed E-state index contributed by atoms with van der Waals surface area (Å²) in [5.74, 6) is -4.26. The molecule has 10 heteroatoms. The Morgan fingerprint density at radius 2 is 2.20 bits per heavy atom. The molecule has 1 saturated heterocycles. The van der Waals surface area contributed by atoms with Crippen molar-refractivity contribution in [1.82, 2.24) is 4.90 Å². The van der Waals surface area contributed by atoms with E-state index in [4.69, 9.17) is 9.84 Å². The summed E-state index contributed by atoms with van der Waals surface area (Å²) < 4.78 is 19.6. The van der Waals surface area contributed by atoms with Crippen molar-refractivity contribution < 1.29 is 29.2 Å². The Balaban J connectivity index is 1.90. The highest BCUT2D eigenvalue weighted by Crippen LogP contribution is 2.32. The largest absolute Gasteiger partial charge is 0.394 e. The quantitative estimate of drug-likeness (QED) is 0.478. The second kappa shape index (κ2) is 4.38. The number of hydrogen-bond acceptors (Lipinski definition) is 8. The Morgan fingerprint density at radius 1 is 1.45 bits per heavy atom. The van der Waals surface area contributed by atoms with Gasteiger partial charge in [0.15, 0.2) is 12.1 Å². The van der Waals surface area contributed by atoms with Crippen LogP contribution in [0.25, 0.3) is 0 Å². The van der Waals surface area contributed by atoms with Gasteiger partial charge in [0.05, 0.1) is 12.9 Å². The normalized spacial score (nSPS) is 43.1. The fourth-order valence-electron chi connectivity index (χ4n) is 2.25. The SMILES string of the molecule is O=C1N=CN=C2N([C@@H]3O[C@H](CO)[C@@H](O)[C@H]3O)C=NC12F. The molecule has 9 nitrogen and oxygen atoms in total. The molecule has 0 radical (unpaired) electrons. The molecule has 0 bridgehead atoms. The first kappa shape index (κ1) is 13.2. The van der Waals surface area contributed by atoms with Crippen molar-refractivity contribution in [2.45, 2.75) is 30.3 Å². The first-order valence-electron chi connectivity index (χ1n) is 5.79. The molecule has 1 unspecified atom stereocenters. The van der Waals surface area contributed by atoms with Crippen LogP contribution in [-0.4, -0.2) is 81.6 Å². The number of amides is 1. The number of halogens is 1. The lowest BCUT2D eigenvalue weighted by Crippen LogP contribution is -2.52. The minimum Gasteiger partial charge on any atom is -0.394 e. The number of nitrogens with zero attached hydrogens (tertiary/aromatic N) is 4. The van der Waals surface area contributed by atoms with Crippen molar-refractivity contribution in [2.75, 3.05) is 6.61 Å². The lowest BCUT2D eigenvalue weighted by Gasteiger charge is -2.28. The Bertz CT molecular complexity index is 538. The smallest absolute Gasteiger partial charge is 0.340 e. The molecule has 0 aliphatic carbocycles. The van der Waals surface area contributed by atoms with E-state index in [9.17, 15) is 19.4 Å². The van der Waals surface area contributed by atoms with Crippen molar-refractivity contribution in [3.63, 3.8) is 0 Å². The third kappa shape index (κ3) is 1.62. The molecule has 0 aromatic heterocycles. The molecular weight excluding hydrogens is 275 g/mol. The number of fused-ring (bicyclic) bond motifs is 1. The maximum Gasteiger partial charge on any atom is 0.340 e. The molecule has 3 aliphatic rings. The predicted octanol–water partition coefficient (Wildman–Crippen LogP) is -2.60.